The number of carbonyl (C=O) groups is 2. The number of halogens is 1. The third kappa shape index (κ3) is 5.01. The van der Waals surface area contributed by atoms with E-state index in [0.29, 0.717) is 35.9 Å². The summed E-state index contributed by atoms with van der Waals surface area (Å²) in [4.78, 5) is 27.1. The first-order valence-corrected chi connectivity index (χ1v) is 10.2. The third-order valence-electron chi connectivity index (χ3n) is 5.71. The minimum Gasteiger partial charge on any atom is -0.335 e. The van der Waals surface area contributed by atoms with Gasteiger partial charge in [0, 0.05) is 18.0 Å². The van der Waals surface area contributed by atoms with Gasteiger partial charge in [-0.25, -0.2) is 0 Å². The van der Waals surface area contributed by atoms with Gasteiger partial charge in [-0.2, -0.15) is 5.26 Å². The number of nitriles is 1. The molecule has 144 valence electrons. The Morgan fingerprint density at radius 1 is 1.26 bits per heavy atom. The fourth-order valence-corrected chi connectivity index (χ4v) is 4.42. The zero-order valence-electron chi connectivity index (χ0n) is 15.5. The highest BCUT2D eigenvalue weighted by Gasteiger charge is 2.35. The van der Waals surface area contributed by atoms with Gasteiger partial charge in [0.05, 0.1) is 6.07 Å². The molecule has 0 bridgehead atoms. The summed E-state index contributed by atoms with van der Waals surface area (Å²) in [5.41, 5.74) is 0.649. The molecule has 1 heterocycles. The molecule has 2 fully saturated rings. The first-order valence-electron chi connectivity index (χ1n) is 9.83. The minimum absolute atomic E-state index is 0.0656. The molecule has 1 aromatic rings. The Morgan fingerprint density at radius 3 is 2.74 bits per heavy atom. The first kappa shape index (κ1) is 19.7. The summed E-state index contributed by atoms with van der Waals surface area (Å²) in [5, 5.41) is 12.8. The second-order valence-electron chi connectivity index (χ2n) is 7.56. The van der Waals surface area contributed by atoms with Crippen molar-refractivity contribution in [2.75, 3.05) is 6.54 Å². The van der Waals surface area contributed by atoms with Crippen molar-refractivity contribution >= 4 is 23.4 Å². The molecule has 1 aliphatic carbocycles. The second-order valence-corrected chi connectivity index (χ2v) is 8.00. The fraction of sp³-hybridized carbons (Fsp3) is 0.571. The number of amides is 2. The van der Waals surface area contributed by atoms with E-state index < -0.39 is 12.1 Å². The summed E-state index contributed by atoms with van der Waals surface area (Å²) in [6, 6.07) is 7.78. The monoisotopic (exact) mass is 387 g/mol. The summed E-state index contributed by atoms with van der Waals surface area (Å²) in [6.07, 6.45) is 7.90. The average Bonchev–Trinajstić information content (AvgIpc) is 3.35. The highest BCUT2D eigenvalue weighted by molar-refractivity contribution is 6.30. The molecule has 1 aromatic carbocycles. The average molecular weight is 388 g/mol. The smallest absolute Gasteiger partial charge is 0.244 e. The number of likely N-dealkylation sites (tertiary alicyclic amines) is 1. The zero-order chi connectivity index (χ0) is 19.2. The second kappa shape index (κ2) is 9.23. The zero-order valence-corrected chi connectivity index (χ0v) is 16.3. The van der Waals surface area contributed by atoms with Gasteiger partial charge in [0.25, 0.3) is 0 Å². The van der Waals surface area contributed by atoms with E-state index in [4.69, 9.17) is 11.6 Å². The normalized spacial score (nSPS) is 21.0. The van der Waals surface area contributed by atoms with Gasteiger partial charge in [-0.3, -0.25) is 9.59 Å². The number of rotatable bonds is 6. The molecule has 3 rings (SSSR count). The van der Waals surface area contributed by atoms with E-state index in [9.17, 15) is 14.9 Å². The number of carbonyl (C=O) groups excluding carboxylic acids is 2. The van der Waals surface area contributed by atoms with Gasteiger partial charge in [-0.1, -0.05) is 49.4 Å². The van der Waals surface area contributed by atoms with Crippen LogP contribution in [0.1, 0.15) is 63.0 Å². The third-order valence-corrected chi connectivity index (χ3v) is 5.95. The molecule has 1 N–H and O–H groups in total. The van der Waals surface area contributed by atoms with Crippen LogP contribution in [-0.2, 0) is 9.59 Å². The van der Waals surface area contributed by atoms with Gasteiger partial charge in [0.1, 0.15) is 12.1 Å². The summed E-state index contributed by atoms with van der Waals surface area (Å²) >= 11 is 5.99. The number of benzene rings is 1. The van der Waals surface area contributed by atoms with Crippen molar-refractivity contribution in [3.63, 3.8) is 0 Å². The van der Waals surface area contributed by atoms with Crippen LogP contribution in [-0.4, -0.2) is 29.3 Å². The lowest BCUT2D eigenvalue weighted by atomic mass is 10.0. The van der Waals surface area contributed by atoms with Crippen LogP contribution in [0.25, 0.3) is 0 Å². The van der Waals surface area contributed by atoms with E-state index in [1.165, 1.54) is 25.7 Å². The maximum atomic E-state index is 12.8. The van der Waals surface area contributed by atoms with Crippen molar-refractivity contribution in [3.8, 4) is 6.07 Å². The molecule has 1 saturated heterocycles. The van der Waals surface area contributed by atoms with Crippen LogP contribution < -0.4 is 5.32 Å². The highest BCUT2D eigenvalue weighted by atomic mass is 35.5. The van der Waals surface area contributed by atoms with E-state index in [1.54, 1.807) is 29.2 Å². The number of nitrogens with one attached hydrogen (secondary N) is 1. The van der Waals surface area contributed by atoms with Crippen molar-refractivity contribution in [1.82, 2.24) is 10.2 Å². The molecule has 1 aliphatic heterocycles. The minimum atomic E-state index is -0.771. The van der Waals surface area contributed by atoms with Gasteiger partial charge in [0.2, 0.25) is 11.8 Å². The Kier molecular flexibility index (Phi) is 6.73. The molecule has 0 spiro atoms. The summed E-state index contributed by atoms with van der Waals surface area (Å²) in [6.45, 7) is 0.621. The van der Waals surface area contributed by atoms with E-state index in [2.05, 4.69) is 11.4 Å². The molecule has 2 unspecified atom stereocenters. The lowest BCUT2D eigenvalue weighted by Crippen LogP contribution is -2.46. The van der Waals surface area contributed by atoms with Crippen molar-refractivity contribution in [3.05, 3.63) is 34.9 Å². The van der Waals surface area contributed by atoms with Crippen molar-refractivity contribution in [2.24, 2.45) is 5.92 Å². The lowest BCUT2D eigenvalue weighted by molar-refractivity contribution is -0.138. The Labute approximate surface area is 165 Å². The van der Waals surface area contributed by atoms with E-state index in [-0.39, 0.29) is 11.8 Å². The topological polar surface area (TPSA) is 73.2 Å². The van der Waals surface area contributed by atoms with Crippen LogP contribution in [0.5, 0.6) is 0 Å². The summed E-state index contributed by atoms with van der Waals surface area (Å²) in [7, 11) is 0. The van der Waals surface area contributed by atoms with Crippen LogP contribution in [0.2, 0.25) is 5.02 Å². The first-order chi connectivity index (χ1) is 13.1. The fourth-order valence-electron chi connectivity index (χ4n) is 4.22. The largest absolute Gasteiger partial charge is 0.335 e. The van der Waals surface area contributed by atoms with Crippen molar-refractivity contribution in [1.29, 1.82) is 5.26 Å². The van der Waals surface area contributed by atoms with Crippen molar-refractivity contribution < 1.29 is 9.59 Å². The molecule has 1 saturated carbocycles. The molecule has 2 amide bonds. The van der Waals surface area contributed by atoms with E-state index in [0.717, 1.165) is 12.8 Å². The SMILES string of the molecule is N#CC(NC(=O)C1CCCN1C(=O)CCC1CCCC1)c1cccc(Cl)c1. The van der Waals surface area contributed by atoms with Crippen LogP contribution in [0, 0.1) is 17.2 Å². The molecule has 5 nitrogen and oxygen atoms in total. The molecule has 2 atom stereocenters. The van der Waals surface area contributed by atoms with Gasteiger partial charge < -0.3 is 10.2 Å². The summed E-state index contributed by atoms with van der Waals surface area (Å²) in [5.74, 6) is 0.471. The Hall–Kier alpha value is -2.06. The molecule has 0 aromatic heterocycles. The Bertz CT molecular complexity index is 724. The van der Waals surface area contributed by atoms with Crippen LogP contribution in [0.4, 0.5) is 0 Å². The van der Waals surface area contributed by atoms with Crippen LogP contribution in [0.3, 0.4) is 0 Å². The Morgan fingerprint density at radius 2 is 2.04 bits per heavy atom. The molecule has 2 aliphatic rings. The van der Waals surface area contributed by atoms with Gasteiger partial charge >= 0.3 is 0 Å². The quantitative estimate of drug-likeness (QED) is 0.802. The predicted molar refractivity (Wildman–Crippen MR) is 104 cm³/mol. The van der Waals surface area contributed by atoms with E-state index in [1.807, 2.05) is 0 Å². The number of nitrogens with zero attached hydrogens (tertiary/aromatic N) is 2. The van der Waals surface area contributed by atoms with Crippen LogP contribution in [0.15, 0.2) is 24.3 Å². The van der Waals surface area contributed by atoms with Crippen LogP contribution >= 0.6 is 11.6 Å². The standard InChI is InChI=1S/C21H26ClN3O2/c22-17-8-3-7-16(13-17)18(14-23)24-21(27)19-9-4-12-25(19)20(26)11-10-15-5-1-2-6-15/h3,7-8,13,15,18-19H,1-2,4-6,9-12H2,(H,24,27). The molecular formula is C21H26ClN3O2. The molecule has 6 heteroatoms. The number of hydrogen-bond donors (Lipinski definition) is 1. The van der Waals surface area contributed by atoms with Gasteiger partial charge in [0.15, 0.2) is 0 Å². The highest BCUT2D eigenvalue weighted by Crippen LogP contribution is 2.29. The molecule has 0 radical (unpaired) electrons. The van der Waals surface area contributed by atoms with Crippen molar-refractivity contribution in [2.45, 2.75) is 63.5 Å². The predicted octanol–water partition coefficient (Wildman–Crippen LogP) is 3.98. The summed E-state index contributed by atoms with van der Waals surface area (Å²) < 4.78 is 0. The Balaban J connectivity index is 1.59. The van der Waals surface area contributed by atoms with Gasteiger partial charge in [-0.05, 0) is 42.9 Å². The molecule has 27 heavy (non-hydrogen) atoms. The molecular weight excluding hydrogens is 362 g/mol. The van der Waals surface area contributed by atoms with E-state index >= 15 is 0 Å². The lowest BCUT2D eigenvalue weighted by Gasteiger charge is -2.25. The maximum Gasteiger partial charge on any atom is 0.244 e. The maximum absolute atomic E-state index is 12.8. The number of hydrogen-bond acceptors (Lipinski definition) is 3. The van der Waals surface area contributed by atoms with Gasteiger partial charge in [-0.15, -0.1) is 0 Å².